The highest BCUT2D eigenvalue weighted by molar-refractivity contribution is 5.94. The van der Waals surface area contributed by atoms with Crippen LogP contribution in [-0.4, -0.2) is 39.9 Å². The molecule has 0 bridgehead atoms. The van der Waals surface area contributed by atoms with E-state index in [1.54, 1.807) is 26.4 Å². The fraction of sp³-hybridized carbons (Fsp3) is 0.381. The predicted octanol–water partition coefficient (Wildman–Crippen LogP) is 3.18. The average molecular weight is 355 g/mol. The lowest BCUT2D eigenvalue weighted by molar-refractivity contribution is 0.0479. The van der Waals surface area contributed by atoms with Crippen molar-refractivity contribution in [2.24, 2.45) is 0 Å². The molecule has 1 aliphatic rings. The van der Waals surface area contributed by atoms with Crippen molar-refractivity contribution in [2.75, 3.05) is 34.0 Å². The number of ether oxygens (including phenoxy) is 3. The number of carbonyl (C=O) groups excluding carboxylic acids is 1. The van der Waals surface area contributed by atoms with Gasteiger partial charge in [0.05, 0.1) is 14.2 Å². The van der Waals surface area contributed by atoms with Gasteiger partial charge in [0, 0.05) is 36.3 Å². The predicted molar refractivity (Wildman–Crippen MR) is 100 cm³/mol. The van der Waals surface area contributed by atoms with Crippen LogP contribution in [0.2, 0.25) is 0 Å². The number of amides is 1. The molecule has 0 radical (unpaired) electrons. The number of methoxy groups -OCH3 is 2. The first kappa shape index (κ1) is 18.3. The van der Waals surface area contributed by atoms with E-state index in [0.717, 1.165) is 24.2 Å². The summed E-state index contributed by atoms with van der Waals surface area (Å²) in [4.78, 5) is 12.7. The lowest BCUT2D eigenvalue weighted by Crippen LogP contribution is -2.44. The van der Waals surface area contributed by atoms with E-state index in [9.17, 15) is 4.79 Å². The zero-order valence-corrected chi connectivity index (χ0v) is 15.3. The molecule has 0 spiro atoms. The van der Waals surface area contributed by atoms with Gasteiger partial charge in [-0.3, -0.25) is 4.79 Å². The Morgan fingerprint density at radius 2 is 1.85 bits per heavy atom. The molecule has 5 heteroatoms. The number of nitrogens with one attached hydrogen (secondary N) is 1. The molecule has 1 saturated heterocycles. The molecule has 3 rings (SSSR count). The highest BCUT2D eigenvalue weighted by atomic mass is 16.5. The summed E-state index contributed by atoms with van der Waals surface area (Å²) in [6, 6.07) is 15.2. The van der Waals surface area contributed by atoms with Crippen molar-refractivity contribution < 1.29 is 19.0 Å². The normalized spacial score (nSPS) is 15.9. The van der Waals surface area contributed by atoms with E-state index in [-0.39, 0.29) is 11.3 Å². The molecule has 0 aromatic heterocycles. The lowest BCUT2D eigenvalue weighted by Gasteiger charge is -2.38. The molecule has 1 aliphatic heterocycles. The van der Waals surface area contributed by atoms with Crippen molar-refractivity contribution in [3.8, 4) is 11.5 Å². The summed E-state index contributed by atoms with van der Waals surface area (Å²) in [6.07, 6.45) is 1.68. The van der Waals surface area contributed by atoms with Gasteiger partial charge in [0.25, 0.3) is 5.91 Å². The van der Waals surface area contributed by atoms with E-state index in [1.165, 1.54) is 0 Å². The topological polar surface area (TPSA) is 56.8 Å². The van der Waals surface area contributed by atoms with Crippen LogP contribution in [0.4, 0.5) is 0 Å². The summed E-state index contributed by atoms with van der Waals surface area (Å²) in [5.41, 5.74) is 1.52. The SMILES string of the molecule is COc1cccc(C(=O)NCC2(c3ccccc3OC)CCOCC2)c1. The van der Waals surface area contributed by atoms with Crippen molar-refractivity contribution in [1.82, 2.24) is 5.32 Å². The maximum absolute atomic E-state index is 12.7. The first-order valence-corrected chi connectivity index (χ1v) is 8.82. The van der Waals surface area contributed by atoms with E-state index in [0.29, 0.717) is 31.1 Å². The molecule has 26 heavy (non-hydrogen) atoms. The quantitative estimate of drug-likeness (QED) is 0.865. The summed E-state index contributed by atoms with van der Waals surface area (Å²) in [6.45, 7) is 1.88. The Morgan fingerprint density at radius 1 is 1.08 bits per heavy atom. The monoisotopic (exact) mass is 355 g/mol. The Balaban J connectivity index is 1.82. The third kappa shape index (κ3) is 3.83. The van der Waals surface area contributed by atoms with Gasteiger partial charge in [0.2, 0.25) is 0 Å². The van der Waals surface area contributed by atoms with Crippen LogP contribution in [0.1, 0.15) is 28.8 Å². The second kappa shape index (κ2) is 8.23. The number of para-hydroxylation sites is 1. The Labute approximate surface area is 154 Å². The summed E-state index contributed by atoms with van der Waals surface area (Å²) in [5, 5.41) is 3.11. The second-order valence-corrected chi connectivity index (χ2v) is 6.51. The highest BCUT2D eigenvalue weighted by Gasteiger charge is 2.37. The lowest BCUT2D eigenvalue weighted by atomic mass is 9.73. The van der Waals surface area contributed by atoms with Crippen LogP contribution in [0.3, 0.4) is 0 Å². The van der Waals surface area contributed by atoms with Gasteiger partial charge in [0.15, 0.2) is 0 Å². The van der Waals surface area contributed by atoms with Gasteiger partial charge in [-0.15, -0.1) is 0 Å². The Morgan fingerprint density at radius 3 is 2.58 bits per heavy atom. The average Bonchev–Trinajstić information content (AvgIpc) is 2.72. The molecular formula is C21H25NO4. The highest BCUT2D eigenvalue weighted by Crippen LogP contribution is 2.39. The Bertz CT molecular complexity index is 753. The van der Waals surface area contributed by atoms with Crippen LogP contribution in [0.25, 0.3) is 0 Å². The van der Waals surface area contributed by atoms with Crippen LogP contribution >= 0.6 is 0 Å². The molecule has 0 unspecified atom stereocenters. The largest absolute Gasteiger partial charge is 0.497 e. The minimum atomic E-state index is -0.195. The molecule has 5 nitrogen and oxygen atoms in total. The van der Waals surface area contributed by atoms with Gasteiger partial charge in [-0.1, -0.05) is 24.3 Å². The molecule has 138 valence electrons. The zero-order chi connectivity index (χ0) is 18.4. The molecule has 1 N–H and O–H groups in total. The Hall–Kier alpha value is -2.53. The van der Waals surface area contributed by atoms with Gasteiger partial charge in [-0.25, -0.2) is 0 Å². The summed E-state index contributed by atoms with van der Waals surface area (Å²) in [7, 11) is 3.27. The second-order valence-electron chi connectivity index (χ2n) is 6.51. The van der Waals surface area contributed by atoms with Crippen LogP contribution in [0, 0.1) is 0 Å². The van der Waals surface area contributed by atoms with Gasteiger partial charge in [-0.05, 0) is 37.1 Å². The zero-order valence-electron chi connectivity index (χ0n) is 15.3. The number of hydrogen-bond acceptors (Lipinski definition) is 4. The van der Waals surface area contributed by atoms with Gasteiger partial charge < -0.3 is 19.5 Å². The van der Waals surface area contributed by atoms with Gasteiger partial charge in [0.1, 0.15) is 11.5 Å². The van der Waals surface area contributed by atoms with Crippen molar-refractivity contribution in [3.63, 3.8) is 0 Å². The maximum Gasteiger partial charge on any atom is 0.251 e. The van der Waals surface area contributed by atoms with Crippen molar-refractivity contribution >= 4 is 5.91 Å². The minimum absolute atomic E-state index is 0.107. The fourth-order valence-corrected chi connectivity index (χ4v) is 3.50. The van der Waals surface area contributed by atoms with Crippen LogP contribution in [0.15, 0.2) is 48.5 Å². The molecule has 0 saturated carbocycles. The number of rotatable bonds is 6. The van der Waals surface area contributed by atoms with E-state index in [4.69, 9.17) is 14.2 Å². The molecule has 0 atom stereocenters. The van der Waals surface area contributed by atoms with E-state index >= 15 is 0 Å². The molecule has 1 heterocycles. The molecule has 1 amide bonds. The Kier molecular flexibility index (Phi) is 5.78. The van der Waals surface area contributed by atoms with Crippen LogP contribution in [0.5, 0.6) is 11.5 Å². The smallest absolute Gasteiger partial charge is 0.251 e. The summed E-state index contributed by atoms with van der Waals surface area (Å²) >= 11 is 0. The van der Waals surface area contributed by atoms with E-state index in [2.05, 4.69) is 11.4 Å². The number of benzene rings is 2. The number of carbonyl (C=O) groups is 1. The molecular weight excluding hydrogens is 330 g/mol. The van der Waals surface area contributed by atoms with Crippen LogP contribution in [-0.2, 0) is 10.2 Å². The molecule has 0 aliphatic carbocycles. The van der Waals surface area contributed by atoms with Crippen molar-refractivity contribution in [2.45, 2.75) is 18.3 Å². The first-order chi connectivity index (χ1) is 12.7. The third-order valence-electron chi connectivity index (χ3n) is 5.05. The van der Waals surface area contributed by atoms with Crippen molar-refractivity contribution in [3.05, 3.63) is 59.7 Å². The standard InChI is InChI=1S/C21H25NO4/c1-24-17-7-5-6-16(14-17)20(23)22-15-21(10-12-26-13-11-21)18-8-3-4-9-19(18)25-2/h3-9,14H,10-13,15H2,1-2H3,(H,22,23). The fourth-order valence-electron chi connectivity index (χ4n) is 3.50. The summed E-state index contributed by atoms with van der Waals surface area (Å²) < 4.78 is 16.4. The number of hydrogen-bond donors (Lipinski definition) is 1. The molecule has 2 aromatic carbocycles. The van der Waals surface area contributed by atoms with Crippen molar-refractivity contribution in [1.29, 1.82) is 0 Å². The minimum Gasteiger partial charge on any atom is -0.497 e. The van der Waals surface area contributed by atoms with Gasteiger partial charge >= 0.3 is 0 Å². The van der Waals surface area contributed by atoms with E-state index in [1.807, 2.05) is 30.3 Å². The first-order valence-electron chi connectivity index (χ1n) is 8.82. The summed E-state index contributed by atoms with van der Waals surface area (Å²) in [5.74, 6) is 1.41. The maximum atomic E-state index is 12.7. The molecule has 2 aromatic rings. The third-order valence-corrected chi connectivity index (χ3v) is 5.05. The van der Waals surface area contributed by atoms with Crippen LogP contribution < -0.4 is 14.8 Å². The van der Waals surface area contributed by atoms with Gasteiger partial charge in [-0.2, -0.15) is 0 Å². The molecule has 1 fully saturated rings. The van der Waals surface area contributed by atoms with E-state index < -0.39 is 0 Å².